The van der Waals surface area contributed by atoms with E-state index in [0.717, 1.165) is 0 Å². The molecule has 0 aromatic carbocycles. The molecule has 0 heterocycles. The van der Waals surface area contributed by atoms with Crippen molar-refractivity contribution in [2.24, 2.45) is 11.5 Å². The third kappa shape index (κ3) is 8.06. The summed E-state index contributed by atoms with van der Waals surface area (Å²) in [6.45, 7) is 0. The first-order valence-electron chi connectivity index (χ1n) is 2.80. The first-order valence-corrected chi connectivity index (χ1v) is 2.80. The van der Waals surface area contributed by atoms with Crippen molar-refractivity contribution in [1.82, 2.24) is 0 Å². The molecular formula is C5H10CaN2O3. The topological polar surface area (TPSA) is 106 Å². The molecule has 5 N–H and O–H groups in total. The Balaban J connectivity index is 0. The zero-order valence-electron chi connectivity index (χ0n) is 6.12. The summed E-state index contributed by atoms with van der Waals surface area (Å²) in [6.07, 6.45) is 0.123. The minimum atomic E-state index is -1.11. The Bertz CT molecular complexity index is 151. The molecule has 0 saturated heterocycles. The van der Waals surface area contributed by atoms with Crippen LogP contribution in [0.15, 0.2) is 0 Å². The Kier molecular flexibility index (Phi) is 8.54. The Hall–Kier alpha value is 0.160. The van der Waals surface area contributed by atoms with E-state index in [1.807, 2.05) is 0 Å². The summed E-state index contributed by atoms with van der Waals surface area (Å²) in [5.41, 5.74) is 9.81. The number of rotatable bonds is 4. The Morgan fingerprint density at radius 3 is 2.18 bits per heavy atom. The third-order valence-corrected chi connectivity index (χ3v) is 1.02. The van der Waals surface area contributed by atoms with Crippen molar-refractivity contribution in [3.05, 3.63) is 0 Å². The van der Waals surface area contributed by atoms with Crippen LogP contribution in [0.3, 0.4) is 0 Å². The van der Waals surface area contributed by atoms with Crippen molar-refractivity contribution < 1.29 is 14.7 Å². The molecule has 1 atom stereocenters. The maximum absolute atomic E-state index is 10.1. The fraction of sp³-hybridized carbons (Fsp3) is 0.600. The number of primary amides is 1. The summed E-state index contributed by atoms with van der Waals surface area (Å²) in [7, 11) is 0. The second-order valence-electron chi connectivity index (χ2n) is 1.95. The van der Waals surface area contributed by atoms with Gasteiger partial charge >= 0.3 is 5.97 Å². The SMILES string of the molecule is NC(=O)CC[C@H](N)C(=O)O.[Ca]. The monoisotopic (exact) mass is 186 g/mol. The molecule has 11 heavy (non-hydrogen) atoms. The number of hydrogen-bond donors (Lipinski definition) is 3. The van der Waals surface area contributed by atoms with Gasteiger partial charge in [-0.3, -0.25) is 9.59 Å². The van der Waals surface area contributed by atoms with E-state index in [0.29, 0.717) is 0 Å². The van der Waals surface area contributed by atoms with Crippen LogP contribution in [0.4, 0.5) is 0 Å². The summed E-state index contributed by atoms with van der Waals surface area (Å²) in [5.74, 6) is -1.64. The molecule has 2 radical (unpaired) electrons. The van der Waals surface area contributed by atoms with Gasteiger partial charge in [0.15, 0.2) is 0 Å². The average molecular weight is 186 g/mol. The van der Waals surface area contributed by atoms with Crippen LogP contribution >= 0.6 is 0 Å². The van der Waals surface area contributed by atoms with Gasteiger partial charge in [0.2, 0.25) is 5.91 Å². The normalized spacial score (nSPS) is 11.4. The van der Waals surface area contributed by atoms with Gasteiger partial charge in [-0.15, -0.1) is 0 Å². The molecule has 0 unspecified atom stereocenters. The first-order chi connectivity index (χ1) is 4.54. The maximum Gasteiger partial charge on any atom is 0.320 e. The molecule has 0 aliphatic carbocycles. The van der Waals surface area contributed by atoms with Gasteiger partial charge < -0.3 is 16.6 Å². The quantitative estimate of drug-likeness (QED) is 0.454. The van der Waals surface area contributed by atoms with Gasteiger partial charge in [-0.2, -0.15) is 0 Å². The van der Waals surface area contributed by atoms with E-state index in [1.165, 1.54) is 0 Å². The molecule has 1 amide bonds. The van der Waals surface area contributed by atoms with Gasteiger partial charge in [0.05, 0.1) is 0 Å². The van der Waals surface area contributed by atoms with Crippen LogP contribution in [0.25, 0.3) is 0 Å². The van der Waals surface area contributed by atoms with Gasteiger partial charge in [-0.05, 0) is 6.42 Å². The predicted molar refractivity (Wildman–Crippen MR) is 39.8 cm³/mol. The van der Waals surface area contributed by atoms with E-state index in [1.54, 1.807) is 0 Å². The van der Waals surface area contributed by atoms with Crippen LogP contribution in [0.2, 0.25) is 0 Å². The predicted octanol–water partition coefficient (Wildman–Crippen LogP) is -1.72. The van der Waals surface area contributed by atoms with Crippen LogP contribution in [0, 0.1) is 0 Å². The molecule has 0 rings (SSSR count). The number of carbonyl (C=O) groups excluding carboxylic acids is 1. The molecule has 0 spiro atoms. The van der Waals surface area contributed by atoms with Gasteiger partial charge in [0.1, 0.15) is 6.04 Å². The zero-order valence-corrected chi connectivity index (χ0v) is 8.33. The van der Waals surface area contributed by atoms with Crippen LogP contribution in [0.5, 0.6) is 0 Å². The maximum atomic E-state index is 10.1. The van der Waals surface area contributed by atoms with Crippen molar-refractivity contribution in [3.63, 3.8) is 0 Å². The molecule has 5 nitrogen and oxygen atoms in total. The van der Waals surface area contributed by atoms with Crippen molar-refractivity contribution in [2.75, 3.05) is 0 Å². The summed E-state index contributed by atoms with van der Waals surface area (Å²) in [5, 5.41) is 8.22. The largest absolute Gasteiger partial charge is 0.480 e. The van der Waals surface area contributed by atoms with Crippen molar-refractivity contribution in [3.8, 4) is 0 Å². The van der Waals surface area contributed by atoms with Crippen LogP contribution in [0.1, 0.15) is 12.8 Å². The Labute approximate surface area is 94.1 Å². The third-order valence-electron chi connectivity index (χ3n) is 1.02. The summed E-state index contributed by atoms with van der Waals surface area (Å²) >= 11 is 0. The fourth-order valence-electron chi connectivity index (χ4n) is 0.421. The molecule has 0 fully saturated rings. The molecule has 0 aliphatic heterocycles. The molecule has 0 aliphatic rings. The smallest absolute Gasteiger partial charge is 0.320 e. The minimum Gasteiger partial charge on any atom is -0.480 e. The molecule has 6 heteroatoms. The van der Waals surface area contributed by atoms with Crippen LogP contribution in [-0.4, -0.2) is 60.8 Å². The average Bonchev–Trinajstić information content (AvgIpc) is 1.82. The molecule has 0 aromatic rings. The number of amides is 1. The van der Waals surface area contributed by atoms with Gasteiger partial charge in [0, 0.05) is 44.2 Å². The number of nitrogens with two attached hydrogens (primary N) is 2. The minimum absolute atomic E-state index is 0. The van der Waals surface area contributed by atoms with E-state index >= 15 is 0 Å². The fourth-order valence-corrected chi connectivity index (χ4v) is 0.421. The standard InChI is InChI=1S/C5H10N2O3.Ca/c6-3(5(9)10)1-2-4(7)8;/h3H,1-2,6H2,(H2,7,8)(H,9,10);/t3-;/m0./s1. The molecule has 0 bridgehead atoms. The van der Waals surface area contributed by atoms with E-state index in [4.69, 9.17) is 16.6 Å². The number of carboxylic acid groups (broad SMARTS) is 1. The van der Waals surface area contributed by atoms with E-state index in [9.17, 15) is 9.59 Å². The van der Waals surface area contributed by atoms with E-state index in [2.05, 4.69) is 0 Å². The first kappa shape index (κ1) is 13.7. The summed E-state index contributed by atoms with van der Waals surface area (Å²) in [6, 6.07) is -0.979. The van der Waals surface area contributed by atoms with Crippen molar-refractivity contribution in [2.45, 2.75) is 18.9 Å². The summed E-state index contributed by atoms with van der Waals surface area (Å²) in [4.78, 5) is 20.1. The van der Waals surface area contributed by atoms with Crippen LogP contribution < -0.4 is 11.5 Å². The second kappa shape index (κ2) is 6.84. The van der Waals surface area contributed by atoms with Crippen LogP contribution in [-0.2, 0) is 9.59 Å². The Morgan fingerprint density at radius 2 is 1.91 bits per heavy atom. The van der Waals surface area contributed by atoms with E-state index in [-0.39, 0.29) is 50.6 Å². The molecule has 0 saturated carbocycles. The molecule has 60 valence electrons. The van der Waals surface area contributed by atoms with Crippen molar-refractivity contribution >= 4 is 49.6 Å². The molecular weight excluding hydrogens is 176 g/mol. The number of carbonyl (C=O) groups is 2. The van der Waals surface area contributed by atoms with Gasteiger partial charge in [0.25, 0.3) is 0 Å². The van der Waals surface area contributed by atoms with Crippen molar-refractivity contribution in [1.29, 1.82) is 0 Å². The Morgan fingerprint density at radius 1 is 1.45 bits per heavy atom. The van der Waals surface area contributed by atoms with Gasteiger partial charge in [-0.25, -0.2) is 0 Å². The summed E-state index contributed by atoms with van der Waals surface area (Å²) < 4.78 is 0. The van der Waals surface area contributed by atoms with Gasteiger partial charge in [-0.1, -0.05) is 0 Å². The molecule has 0 aromatic heterocycles. The second-order valence-corrected chi connectivity index (χ2v) is 1.95. The number of carboxylic acids is 1. The number of hydrogen-bond acceptors (Lipinski definition) is 3. The number of aliphatic carboxylic acids is 1. The van der Waals surface area contributed by atoms with E-state index < -0.39 is 17.9 Å². The zero-order chi connectivity index (χ0) is 8.15.